The first-order valence-corrected chi connectivity index (χ1v) is 6.64. The molecule has 4 nitrogen and oxygen atoms in total. The molecule has 1 heterocycles. The fraction of sp³-hybridized carbons (Fsp3) is 0.357. The van der Waals surface area contributed by atoms with Crippen molar-refractivity contribution < 1.29 is 9.13 Å². The molecular formula is C14H17ClFN3O. The highest BCUT2D eigenvalue weighted by atomic mass is 35.5. The van der Waals surface area contributed by atoms with Crippen LogP contribution in [0.2, 0.25) is 5.02 Å². The van der Waals surface area contributed by atoms with Gasteiger partial charge in [0.15, 0.2) is 11.6 Å². The minimum atomic E-state index is -0.382. The number of rotatable bonds is 5. The van der Waals surface area contributed by atoms with E-state index in [-0.39, 0.29) is 18.2 Å². The topological polar surface area (TPSA) is 39.1 Å². The van der Waals surface area contributed by atoms with E-state index in [1.807, 2.05) is 20.0 Å². The zero-order valence-electron chi connectivity index (χ0n) is 11.7. The van der Waals surface area contributed by atoms with E-state index in [9.17, 15) is 4.39 Å². The molecule has 1 aromatic heterocycles. The summed E-state index contributed by atoms with van der Waals surface area (Å²) in [6.07, 6.45) is 0. The number of aromatic nitrogens is 2. The molecule has 6 heteroatoms. The minimum Gasteiger partial charge on any atom is -0.484 e. The summed E-state index contributed by atoms with van der Waals surface area (Å²) in [6.45, 7) is 2.61. The number of ether oxygens (including phenoxy) is 1. The Balaban J connectivity index is 2.11. The first-order valence-electron chi connectivity index (χ1n) is 6.26. The fourth-order valence-electron chi connectivity index (χ4n) is 1.96. The molecule has 20 heavy (non-hydrogen) atoms. The molecule has 0 atom stereocenters. The molecule has 0 spiro atoms. The van der Waals surface area contributed by atoms with Gasteiger partial charge in [0.25, 0.3) is 0 Å². The Morgan fingerprint density at radius 2 is 2.20 bits per heavy atom. The Bertz CT molecular complexity index is 613. The average molecular weight is 298 g/mol. The second-order valence-electron chi connectivity index (χ2n) is 4.55. The Labute approximate surface area is 122 Å². The lowest BCUT2D eigenvalue weighted by Crippen LogP contribution is -2.07. The van der Waals surface area contributed by atoms with Crippen LogP contribution < -0.4 is 10.1 Å². The van der Waals surface area contributed by atoms with Gasteiger partial charge in [-0.25, -0.2) is 4.39 Å². The summed E-state index contributed by atoms with van der Waals surface area (Å²) in [4.78, 5) is 0. The van der Waals surface area contributed by atoms with Gasteiger partial charge in [0.2, 0.25) is 0 Å². The van der Waals surface area contributed by atoms with Crippen molar-refractivity contribution in [3.05, 3.63) is 46.0 Å². The molecule has 0 bridgehead atoms. The summed E-state index contributed by atoms with van der Waals surface area (Å²) in [5, 5.41) is 7.71. The maximum Gasteiger partial charge on any atom is 0.165 e. The van der Waals surface area contributed by atoms with Gasteiger partial charge < -0.3 is 10.1 Å². The van der Waals surface area contributed by atoms with Gasteiger partial charge in [-0.05, 0) is 31.7 Å². The molecule has 0 amide bonds. The number of hydrogen-bond acceptors (Lipinski definition) is 3. The number of benzene rings is 1. The first-order chi connectivity index (χ1) is 9.52. The highest BCUT2D eigenvalue weighted by molar-refractivity contribution is 6.31. The Morgan fingerprint density at radius 3 is 2.75 bits per heavy atom. The van der Waals surface area contributed by atoms with E-state index >= 15 is 0 Å². The van der Waals surface area contributed by atoms with Gasteiger partial charge >= 0.3 is 0 Å². The van der Waals surface area contributed by atoms with E-state index in [0.717, 1.165) is 17.0 Å². The molecule has 0 aliphatic rings. The summed E-state index contributed by atoms with van der Waals surface area (Å²) in [5.74, 6) is -0.174. The smallest absolute Gasteiger partial charge is 0.165 e. The lowest BCUT2D eigenvalue weighted by molar-refractivity contribution is 0.280. The Hall–Kier alpha value is -1.59. The quantitative estimate of drug-likeness (QED) is 0.922. The van der Waals surface area contributed by atoms with Crippen molar-refractivity contribution in [3.8, 4) is 5.75 Å². The molecule has 108 valence electrons. The number of nitrogens with zero attached hydrogens (tertiary/aromatic N) is 2. The third-order valence-electron chi connectivity index (χ3n) is 3.00. The largest absolute Gasteiger partial charge is 0.484 e. The van der Waals surface area contributed by atoms with E-state index < -0.39 is 0 Å². The van der Waals surface area contributed by atoms with E-state index in [4.69, 9.17) is 16.3 Å². The van der Waals surface area contributed by atoms with Crippen molar-refractivity contribution in [2.24, 2.45) is 7.05 Å². The van der Waals surface area contributed by atoms with Crippen LogP contribution in [0.25, 0.3) is 0 Å². The molecule has 2 rings (SSSR count). The van der Waals surface area contributed by atoms with Gasteiger partial charge in [-0.2, -0.15) is 5.10 Å². The van der Waals surface area contributed by atoms with Crippen molar-refractivity contribution >= 4 is 11.6 Å². The third kappa shape index (κ3) is 3.11. The number of nitrogens with one attached hydrogen (secondary N) is 1. The summed E-state index contributed by atoms with van der Waals surface area (Å²) in [5.41, 5.74) is 2.33. The second-order valence-corrected chi connectivity index (χ2v) is 4.93. The fourth-order valence-corrected chi connectivity index (χ4v) is 2.17. The normalized spacial score (nSPS) is 10.8. The SMILES string of the molecule is CNCc1ccc(OCc2c(Cl)c(C)nn2C)c(F)c1. The molecule has 1 aromatic carbocycles. The van der Waals surface area contributed by atoms with Gasteiger partial charge in [0, 0.05) is 13.6 Å². The Morgan fingerprint density at radius 1 is 1.45 bits per heavy atom. The van der Waals surface area contributed by atoms with E-state index in [1.165, 1.54) is 6.07 Å². The van der Waals surface area contributed by atoms with Gasteiger partial charge in [0.05, 0.1) is 16.4 Å². The molecule has 2 aromatic rings. The highest BCUT2D eigenvalue weighted by Gasteiger charge is 2.13. The summed E-state index contributed by atoms with van der Waals surface area (Å²) in [6, 6.07) is 4.91. The van der Waals surface area contributed by atoms with Gasteiger partial charge in [-0.3, -0.25) is 4.68 Å². The monoisotopic (exact) mass is 297 g/mol. The standard InChI is InChI=1S/C14H17ClFN3O/c1-9-14(15)12(19(3)18-9)8-20-13-5-4-10(7-17-2)6-11(13)16/h4-6,17H,7-8H2,1-3H3. The summed E-state index contributed by atoms with van der Waals surface area (Å²) < 4.78 is 21.0. The maximum absolute atomic E-state index is 13.9. The number of halogens is 2. The molecule has 0 radical (unpaired) electrons. The molecule has 0 aliphatic heterocycles. The number of hydrogen-bond donors (Lipinski definition) is 1. The molecule has 1 N–H and O–H groups in total. The first kappa shape index (κ1) is 14.8. The van der Waals surface area contributed by atoms with Crippen LogP contribution in [0.3, 0.4) is 0 Å². The van der Waals surface area contributed by atoms with E-state index in [2.05, 4.69) is 10.4 Å². The molecule has 0 aliphatic carbocycles. The highest BCUT2D eigenvalue weighted by Crippen LogP contribution is 2.23. The van der Waals surface area contributed by atoms with Gasteiger partial charge in [0.1, 0.15) is 6.61 Å². The van der Waals surface area contributed by atoms with Crippen LogP contribution >= 0.6 is 11.6 Å². The lowest BCUT2D eigenvalue weighted by Gasteiger charge is -2.09. The Kier molecular flexibility index (Phi) is 4.62. The maximum atomic E-state index is 13.9. The second kappa shape index (κ2) is 6.24. The van der Waals surface area contributed by atoms with E-state index in [0.29, 0.717) is 11.6 Å². The minimum absolute atomic E-state index is 0.179. The molecule has 0 unspecified atom stereocenters. The van der Waals surface area contributed by atoms with Gasteiger partial charge in [-0.15, -0.1) is 0 Å². The summed E-state index contributed by atoms with van der Waals surface area (Å²) >= 11 is 6.12. The van der Waals surface area contributed by atoms with Crippen LogP contribution in [0.1, 0.15) is 17.0 Å². The van der Waals surface area contributed by atoms with Crippen molar-refractivity contribution in [1.29, 1.82) is 0 Å². The third-order valence-corrected chi connectivity index (χ3v) is 3.49. The molecular weight excluding hydrogens is 281 g/mol. The van der Waals surface area contributed by atoms with Crippen LogP contribution in [0.4, 0.5) is 4.39 Å². The van der Waals surface area contributed by atoms with Crippen LogP contribution in [-0.4, -0.2) is 16.8 Å². The summed E-state index contributed by atoms with van der Waals surface area (Å²) in [7, 11) is 3.60. The molecule has 0 saturated heterocycles. The van der Waals surface area contributed by atoms with Crippen LogP contribution in [-0.2, 0) is 20.2 Å². The predicted octanol–water partition coefficient (Wildman–Crippen LogP) is 2.82. The van der Waals surface area contributed by atoms with Crippen LogP contribution in [0, 0.1) is 12.7 Å². The van der Waals surface area contributed by atoms with Crippen LogP contribution in [0.5, 0.6) is 5.75 Å². The van der Waals surface area contributed by atoms with Gasteiger partial charge in [-0.1, -0.05) is 17.7 Å². The van der Waals surface area contributed by atoms with Crippen molar-refractivity contribution in [1.82, 2.24) is 15.1 Å². The lowest BCUT2D eigenvalue weighted by atomic mass is 10.2. The zero-order valence-corrected chi connectivity index (χ0v) is 12.5. The molecule has 0 saturated carbocycles. The average Bonchev–Trinajstić information content (AvgIpc) is 2.64. The zero-order chi connectivity index (χ0) is 14.7. The number of aryl methyl sites for hydroxylation is 2. The van der Waals surface area contributed by atoms with E-state index in [1.54, 1.807) is 17.8 Å². The van der Waals surface area contributed by atoms with Crippen molar-refractivity contribution in [3.63, 3.8) is 0 Å². The van der Waals surface area contributed by atoms with Crippen molar-refractivity contribution in [2.75, 3.05) is 7.05 Å². The molecule has 0 fully saturated rings. The van der Waals surface area contributed by atoms with Crippen molar-refractivity contribution in [2.45, 2.75) is 20.1 Å². The predicted molar refractivity (Wildman–Crippen MR) is 76.5 cm³/mol. The van der Waals surface area contributed by atoms with Crippen LogP contribution in [0.15, 0.2) is 18.2 Å².